The minimum Gasteiger partial charge on any atom is -0.360 e. The lowest BCUT2D eigenvalue weighted by atomic mass is 10.1. The van der Waals surface area contributed by atoms with E-state index in [1.807, 2.05) is 0 Å². The summed E-state index contributed by atoms with van der Waals surface area (Å²) in [6.45, 7) is 19.3. The molecule has 0 spiro atoms. The van der Waals surface area contributed by atoms with Crippen molar-refractivity contribution in [2.75, 3.05) is 13.1 Å². The van der Waals surface area contributed by atoms with E-state index in [-0.39, 0.29) is 5.54 Å². The molecule has 0 amide bonds. The first kappa shape index (κ1) is 18.2. The zero-order valence-electron chi connectivity index (χ0n) is 14.9. The third-order valence-electron chi connectivity index (χ3n) is 3.03. The van der Waals surface area contributed by atoms with Crippen molar-refractivity contribution in [2.24, 2.45) is 11.8 Å². The molecule has 0 aliphatic rings. The molecule has 0 radical (unpaired) electrons. The molecule has 0 saturated heterocycles. The van der Waals surface area contributed by atoms with Crippen LogP contribution in [0.4, 0.5) is 0 Å². The highest BCUT2D eigenvalue weighted by Crippen LogP contribution is 2.12. The van der Waals surface area contributed by atoms with Gasteiger partial charge in [-0.05, 0) is 32.6 Å². The minimum absolute atomic E-state index is 0.0977. The average molecular weight is 295 g/mol. The van der Waals surface area contributed by atoms with E-state index in [0.717, 1.165) is 37.6 Å². The number of hydrogen-bond acceptors (Lipinski definition) is 4. The SMILES string of the molecule is CC(C)CN(Cc1cc(CNC(C)(C)C)no1)CC(C)C. The number of aromatic nitrogens is 1. The topological polar surface area (TPSA) is 41.3 Å². The molecule has 0 saturated carbocycles. The lowest BCUT2D eigenvalue weighted by Crippen LogP contribution is -2.35. The maximum absolute atomic E-state index is 5.49. The Labute approximate surface area is 130 Å². The maximum Gasteiger partial charge on any atom is 0.151 e. The fourth-order valence-corrected chi connectivity index (χ4v) is 2.33. The van der Waals surface area contributed by atoms with Gasteiger partial charge in [-0.2, -0.15) is 0 Å². The molecule has 0 unspecified atom stereocenters. The zero-order valence-corrected chi connectivity index (χ0v) is 14.9. The highest BCUT2D eigenvalue weighted by molar-refractivity contribution is 5.05. The van der Waals surface area contributed by atoms with Crippen LogP contribution >= 0.6 is 0 Å². The van der Waals surface area contributed by atoms with Crippen LogP contribution in [0.25, 0.3) is 0 Å². The van der Waals surface area contributed by atoms with Crippen molar-refractivity contribution in [2.45, 2.75) is 67.1 Å². The molecule has 1 aromatic heterocycles. The lowest BCUT2D eigenvalue weighted by Gasteiger charge is -2.24. The van der Waals surface area contributed by atoms with Crippen LogP contribution in [0, 0.1) is 11.8 Å². The summed E-state index contributed by atoms with van der Waals surface area (Å²) >= 11 is 0. The molecule has 0 fully saturated rings. The second-order valence-electron chi connectivity index (χ2n) is 7.87. The Morgan fingerprint density at radius 2 is 1.71 bits per heavy atom. The van der Waals surface area contributed by atoms with Gasteiger partial charge in [-0.3, -0.25) is 4.90 Å². The van der Waals surface area contributed by atoms with Crippen molar-refractivity contribution in [3.05, 3.63) is 17.5 Å². The molecule has 0 atom stereocenters. The van der Waals surface area contributed by atoms with E-state index in [9.17, 15) is 0 Å². The molecule has 1 N–H and O–H groups in total. The van der Waals surface area contributed by atoms with Gasteiger partial charge in [0.1, 0.15) is 0 Å². The van der Waals surface area contributed by atoms with E-state index in [2.05, 4.69) is 69.9 Å². The van der Waals surface area contributed by atoms with Crippen LogP contribution in [0.1, 0.15) is 59.9 Å². The van der Waals surface area contributed by atoms with Gasteiger partial charge in [-0.1, -0.05) is 32.9 Å². The summed E-state index contributed by atoms with van der Waals surface area (Å²) < 4.78 is 5.49. The summed E-state index contributed by atoms with van der Waals surface area (Å²) in [4.78, 5) is 2.46. The molecular formula is C17H33N3O. The van der Waals surface area contributed by atoms with Crippen LogP contribution in [0.2, 0.25) is 0 Å². The molecule has 0 bridgehead atoms. The maximum atomic E-state index is 5.49. The van der Waals surface area contributed by atoms with Gasteiger partial charge in [0.05, 0.1) is 12.2 Å². The van der Waals surface area contributed by atoms with Crippen molar-refractivity contribution in [1.82, 2.24) is 15.4 Å². The Morgan fingerprint density at radius 1 is 1.14 bits per heavy atom. The molecule has 21 heavy (non-hydrogen) atoms. The molecule has 1 heterocycles. The van der Waals surface area contributed by atoms with Crippen LogP contribution in [-0.4, -0.2) is 28.7 Å². The quantitative estimate of drug-likeness (QED) is 0.794. The fraction of sp³-hybridized carbons (Fsp3) is 0.824. The third kappa shape index (κ3) is 8.22. The van der Waals surface area contributed by atoms with Crippen LogP contribution < -0.4 is 5.32 Å². The fourth-order valence-electron chi connectivity index (χ4n) is 2.33. The monoisotopic (exact) mass is 295 g/mol. The molecule has 1 rings (SSSR count). The summed E-state index contributed by atoms with van der Waals surface area (Å²) in [6, 6.07) is 2.08. The first-order chi connectivity index (χ1) is 9.65. The first-order valence-corrected chi connectivity index (χ1v) is 8.07. The summed E-state index contributed by atoms with van der Waals surface area (Å²) in [5, 5.41) is 7.60. The first-order valence-electron chi connectivity index (χ1n) is 8.07. The van der Waals surface area contributed by atoms with E-state index < -0.39 is 0 Å². The number of nitrogens with one attached hydrogen (secondary N) is 1. The van der Waals surface area contributed by atoms with Gasteiger partial charge >= 0.3 is 0 Å². The van der Waals surface area contributed by atoms with E-state index in [1.165, 1.54) is 0 Å². The molecule has 122 valence electrons. The molecule has 0 aromatic carbocycles. The molecule has 1 aromatic rings. The summed E-state index contributed by atoms with van der Waals surface area (Å²) in [5.41, 5.74) is 1.08. The number of hydrogen-bond donors (Lipinski definition) is 1. The smallest absolute Gasteiger partial charge is 0.151 e. The molecular weight excluding hydrogens is 262 g/mol. The van der Waals surface area contributed by atoms with E-state index in [1.54, 1.807) is 0 Å². The average Bonchev–Trinajstić information content (AvgIpc) is 2.71. The van der Waals surface area contributed by atoms with Crippen molar-refractivity contribution in [1.29, 1.82) is 0 Å². The van der Waals surface area contributed by atoms with E-state index in [0.29, 0.717) is 11.8 Å². The van der Waals surface area contributed by atoms with Crippen LogP contribution in [0.3, 0.4) is 0 Å². The normalized spacial score (nSPS) is 12.9. The standard InChI is InChI=1S/C17H33N3O/c1-13(2)10-20(11-14(3)4)12-16-8-15(19-21-16)9-18-17(5,6)7/h8,13-14,18H,9-12H2,1-7H3. The van der Waals surface area contributed by atoms with Crippen LogP contribution in [0.15, 0.2) is 10.6 Å². The Morgan fingerprint density at radius 3 is 2.19 bits per heavy atom. The largest absolute Gasteiger partial charge is 0.360 e. The highest BCUT2D eigenvalue weighted by Gasteiger charge is 2.15. The second kappa shape index (κ2) is 7.95. The predicted octanol–water partition coefficient (Wildman–Crippen LogP) is 3.68. The van der Waals surface area contributed by atoms with Crippen molar-refractivity contribution >= 4 is 0 Å². The predicted molar refractivity (Wildman–Crippen MR) is 88.0 cm³/mol. The van der Waals surface area contributed by atoms with E-state index in [4.69, 9.17) is 4.52 Å². The summed E-state index contributed by atoms with van der Waals surface area (Å²) in [5.74, 6) is 2.28. The molecule has 0 aliphatic heterocycles. The van der Waals surface area contributed by atoms with Gasteiger partial charge in [-0.25, -0.2) is 0 Å². The number of nitrogens with zero attached hydrogens (tertiary/aromatic N) is 2. The highest BCUT2D eigenvalue weighted by atomic mass is 16.5. The number of rotatable bonds is 8. The van der Waals surface area contributed by atoms with Crippen molar-refractivity contribution in [3.63, 3.8) is 0 Å². The second-order valence-corrected chi connectivity index (χ2v) is 7.87. The van der Waals surface area contributed by atoms with Gasteiger partial charge < -0.3 is 9.84 Å². The van der Waals surface area contributed by atoms with Gasteiger partial charge in [0.15, 0.2) is 5.76 Å². The van der Waals surface area contributed by atoms with Crippen LogP contribution in [0.5, 0.6) is 0 Å². The molecule has 0 aliphatic carbocycles. The third-order valence-corrected chi connectivity index (χ3v) is 3.03. The summed E-state index contributed by atoms with van der Waals surface area (Å²) in [7, 11) is 0. The Kier molecular flexibility index (Phi) is 6.88. The van der Waals surface area contributed by atoms with Gasteiger partial charge in [-0.15, -0.1) is 0 Å². The van der Waals surface area contributed by atoms with Crippen molar-refractivity contribution < 1.29 is 4.52 Å². The molecule has 4 heteroatoms. The lowest BCUT2D eigenvalue weighted by molar-refractivity contribution is 0.189. The minimum atomic E-state index is 0.0977. The Balaban J connectivity index is 2.57. The zero-order chi connectivity index (χ0) is 16.0. The molecule has 4 nitrogen and oxygen atoms in total. The van der Waals surface area contributed by atoms with Crippen molar-refractivity contribution in [3.8, 4) is 0 Å². The van der Waals surface area contributed by atoms with Gasteiger partial charge in [0, 0.05) is 31.2 Å². The van der Waals surface area contributed by atoms with Gasteiger partial charge in [0.2, 0.25) is 0 Å². The van der Waals surface area contributed by atoms with E-state index >= 15 is 0 Å². The summed E-state index contributed by atoms with van der Waals surface area (Å²) in [6.07, 6.45) is 0. The van der Waals surface area contributed by atoms with Gasteiger partial charge in [0.25, 0.3) is 0 Å². The van der Waals surface area contributed by atoms with Crippen LogP contribution in [-0.2, 0) is 13.1 Å². The Hall–Kier alpha value is -0.870. The Bertz CT molecular complexity index is 394.